The van der Waals surface area contributed by atoms with Gasteiger partial charge in [0.2, 0.25) is 0 Å². The maximum Gasteiger partial charge on any atom is 0.329 e. The van der Waals surface area contributed by atoms with Crippen molar-refractivity contribution in [2.75, 3.05) is 13.2 Å². The van der Waals surface area contributed by atoms with E-state index in [1.54, 1.807) is 24.3 Å². The molecule has 0 saturated carbocycles. The molecule has 0 aromatic rings. The van der Waals surface area contributed by atoms with E-state index in [0.29, 0.717) is 6.61 Å². The van der Waals surface area contributed by atoms with Gasteiger partial charge < -0.3 is 14.7 Å². The zero-order valence-electron chi connectivity index (χ0n) is 9.33. The van der Waals surface area contributed by atoms with E-state index in [-0.39, 0.29) is 25.1 Å². The first-order valence-corrected chi connectivity index (χ1v) is 4.87. The molecule has 0 radical (unpaired) electrons. The van der Waals surface area contributed by atoms with Crippen LogP contribution < -0.4 is 0 Å². The molecule has 6 heteroatoms. The van der Waals surface area contributed by atoms with E-state index in [0.717, 1.165) is 5.57 Å². The SMILES string of the molecule is CCON=C=C1C=CC(OCC(=O)O)C=C1.Cl. The highest BCUT2D eigenvalue weighted by Crippen LogP contribution is 2.08. The fraction of sp³-hybridized carbons (Fsp3) is 0.364. The Bertz CT molecular complexity index is 354. The summed E-state index contributed by atoms with van der Waals surface area (Å²) in [5, 5.41) is 12.0. The van der Waals surface area contributed by atoms with Crippen molar-refractivity contribution in [2.24, 2.45) is 5.16 Å². The third-order valence-corrected chi connectivity index (χ3v) is 1.70. The van der Waals surface area contributed by atoms with Crippen LogP contribution in [-0.2, 0) is 14.4 Å². The summed E-state index contributed by atoms with van der Waals surface area (Å²) in [6, 6.07) is 0. The molecule has 0 aliphatic heterocycles. The van der Waals surface area contributed by atoms with Gasteiger partial charge in [0.05, 0.1) is 6.10 Å². The van der Waals surface area contributed by atoms with Gasteiger partial charge in [-0.15, -0.1) is 12.4 Å². The van der Waals surface area contributed by atoms with E-state index < -0.39 is 5.97 Å². The molecule has 1 rings (SSSR count). The van der Waals surface area contributed by atoms with Crippen LogP contribution in [0.2, 0.25) is 0 Å². The Morgan fingerprint density at radius 2 is 2.18 bits per heavy atom. The molecule has 0 heterocycles. The van der Waals surface area contributed by atoms with Crippen molar-refractivity contribution in [3.05, 3.63) is 29.9 Å². The predicted molar refractivity (Wildman–Crippen MR) is 65.5 cm³/mol. The first kappa shape index (κ1) is 15.4. The summed E-state index contributed by atoms with van der Waals surface area (Å²) in [6.45, 7) is 2.02. The minimum atomic E-state index is -0.985. The standard InChI is InChI=1S/C11H13NO4.ClH/c1-2-16-12-7-9-3-5-10(6-4-9)15-8-11(13)14;/h3-6,10H,2,8H2,1H3,(H,13,14);1H. The molecular weight excluding hydrogens is 246 g/mol. The van der Waals surface area contributed by atoms with Crippen molar-refractivity contribution < 1.29 is 19.5 Å². The van der Waals surface area contributed by atoms with Crippen LogP contribution in [0.5, 0.6) is 0 Å². The van der Waals surface area contributed by atoms with Gasteiger partial charge in [-0.3, -0.25) is 0 Å². The number of carbonyl (C=O) groups is 1. The van der Waals surface area contributed by atoms with Crippen LogP contribution >= 0.6 is 12.4 Å². The maximum atomic E-state index is 10.3. The van der Waals surface area contributed by atoms with Gasteiger partial charge in [0.25, 0.3) is 0 Å². The van der Waals surface area contributed by atoms with Crippen molar-refractivity contribution in [2.45, 2.75) is 13.0 Å². The first-order chi connectivity index (χ1) is 7.72. The number of nitrogens with zero attached hydrogens (tertiary/aromatic N) is 1. The molecule has 0 atom stereocenters. The van der Waals surface area contributed by atoms with E-state index in [4.69, 9.17) is 14.7 Å². The monoisotopic (exact) mass is 259 g/mol. The number of rotatable bonds is 5. The lowest BCUT2D eigenvalue weighted by Crippen LogP contribution is -2.15. The second kappa shape index (κ2) is 8.58. The molecule has 0 bridgehead atoms. The summed E-state index contributed by atoms with van der Waals surface area (Å²) in [5.41, 5.74) is 0.753. The maximum absolute atomic E-state index is 10.3. The molecule has 94 valence electrons. The number of allylic oxidation sites excluding steroid dienone is 3. The van der Waals surface area contributed by atoms with Crippen molar-refractivity contribution >= 4 is 24.2 Å². The Morgan fingerprint density at radius 1 is 1.53 bits per heavy atom. The van der Waals surface area contributed by atoms with Gasteiger partial charge in [-0.05, 0) is 24.2 Å². The molecule has 1 aliphatic rings. The van der Waals surface area contributed by atoms with Crippen molar-refractivity contribution in [1.29, 1.82) is 0 Å². The van der Waals surface area contributed by atoms with Crippen LogP contribution in [0.3, 0.4) is 0 Å². The van der Waals surface area contributed by atoms with Gasteiger partial charge in [-0.1, -0.05) is 12.2 Å². The lowest BCUT2D eigenvalue weighted by atomic mass is 10.1. The third kappa shape index (κ3) is 6.58. The summed E-state index contributed by atoms with van der Waals surface area (Å²) < 4.78 is 5.04. The molecule has 1 N–H and O–H groups in total. The van der Waals surface area contributed by atoms with Gasteiger partial charge >= 0.3 is 5.97 Å². The predicted octanol–water partition coefficient (Wildman–Crippen LogP) is 1.55. The van der Waals surface area contributed by atoms with Crippen LogP contribution in [0.4, 0.5) is 0 Å². The number of aliphatic carboxylic acids is 1. The molecular formula is C11H14ClNO4. The highest BCUT2D eigenvalue weighted by atomic mass is 35.5. The number of halogens is 1. The van der Waals surface area contributed by atoms with Crippen LogP contribution in [0.1, 0.15) is 6.92 Å². The molecule has 0 spiro atoms. The summed E-state index contributed by atoms with van der Waals surface area (Å²) in [6.07, 6.45) is 6.64. The fourth-order valence-corrected chi connectivity index (χ4v) is 1.02. The molecule has 0 amide bonds. The smallest absolute Gasteiger partial charge is 0.329 e. The van der Waals surface area contributed by atoms with E-state index in [1.165, 1.54) is 0 Å². The van der Waals surface area contributed by atoms with Crippen LogP contribution in [0, 0.1) is 0 Å². The van der Waals surface area contributed by atoms with Crippen molar-refractivity contribution in [3.8, 4) is 0 Å². The fourth-order valence-electron chi connectivity index (χ4n) is 1.02. The minimum absolute atomic E-state index is 0. The van der Waals surface area contributed by atoms with Crippen LogP contribution in [0.15, 0.2) is 35.0 Å². The lowest BCUT2D eigenvalue weighted by molar-refractivity contribution is -0.142. The molecule has 0 unspecified atom stereocenters. The molecule has 0 aromatic carbocycles. The summed E-state index contributed by atoms with van der Waals surface area (Å²) in [4.78, 5) is 15.0. The third-order valence-electron chi connectivity index (χ3n) is 1.70. The van der Waals surface area contributed by atoms with Gasteiger partial charge in [0.15, 0.2) is 0 Å². The van der Waals surface area contributed by atoms with Crippen molar-refractivity contribution in [3.63, 3.8) is 0 Å². The highest BCUT2D eigenvalue weighted by molar-refractivity contribution is 5.85. The van der Waals surface area contributed by atoms with E-state index in [2.05, 4.69) is 11.0 Å². The van der Waals surface area contributed by atoms with Crippen LogP contribution in [-0.4, -0.2) is 36.3 Å². The first-order valence-electron chi connectivity index (χ1n) is 4.87. The van der Waals surface area contributed by atoms with Crippen LogP contribution in [0.25, 0.3) is 0 Å². The quantitative estimate of drug-likeness (QED) is 0.601. The summed E-state index contributed by atoms with van der Waals surface area (Å²) in [5.74, 6) is 1.70. The Kier molecular flexibility index (Phi) is 7.80. The Labute approximate surface area is 105 Å². The largest absolute Gasteiger partial charge is 0.480 e. The molecule has 5 nitrogen and oxygen atoms in total. The average molecular weight is 260 g/mol. The van der Waals surface area contributed by atoms with Gasteiger partial charge in [-0.2, -0.15) is 0 Å². The van der Waals surface area contributed by atoms with E-state index in [1.807, 2.05) is 6.92 Å². The van der Waals surface area contributed by atoms with E-state index in [9.17, 15) is 4.79 Å². The Balaban J connectivity index is 0.00000256. The molecule has 17 heavy (non-hydrogen) atoms. The topological polar surface area (TPSA) is 68.1 Å². The summed E-state index contributed by atoms with van der Waals surface area (Å²) in [7, 11) is 0. The van der Waals surface area contributed by atoms with Gasteiger partial charge in [0.1, 0.15) is 13.2 Å². The normalized spacial score (nSPS) is 17.0. The Morgan fingerprint density at radius 3 is 2.71 bits per heavy atom. The molecule has 0 aromatic heterocycles. The molecule has 0 saturated heterocycles. The van der Waals surface area contributed by atoms with E-state index >= 15 is 0 Å². The van der Waals surface area contributed by atoms with Gasteiger partial charge in [-0.25, -0.2) is 4.79 Å². The number of ether oxygens (including phenoxy) is 1. The highest BCUT2D eigenvalue weighted by Gasteiger charge is 2.07. The lowest BCUT2D eigenvalue weighted by Gasteiger charge is -2.10. The molecule has 0 fully saturated rings. The Hall–Kier alpha value is -1.55. The minimum Gasteiger partial charge on any atom is -0.480 e. The summed E-state index contributed by atoms with van der Waals surface area (Å²) >= 11 is 0. The van der Waals surface area contributed by atoms with Gasteiger partial charge in [0, 0.05) is 11.4 Å². The number of carboxylic acids is 1. The number of hydrogen-bond donors (Lipinski definition) is 1. The number of carboxylic acid groups (broad SMARTS) is 1. The second-order valence-electron chi connectivity index (χ2n) is 2.96. The second-order valence-corrected chi connectivity index (χ2v) is 2.96. The molecule has 1 aliphatic carbocycles. The number of hydrogen-bond acceptors (Lipinski definition) is 4. The zero-order valence-corrected chi connectivity index (χ0v) is 10.1. The zero-order chi connectivity index (χ0) is 11.8. The average Bonchev–Trinajstić information content (AvgIpc) is 2.28. The van der Waals surface area contributed by atoms with Crippen molar-refractivity contribution in [1.82, 2.24) is 0 Å².